The van der Waals surface area contributed by atoms with Crippen molar-refractivity contribution in [3.63, 3.8) is 0 Å². The lowest BCUT2D eigenvalue weighted by Crippen LogP contribution is -2.31. The second-order valence-electron chi connectivity index (χ2n) is 6.85. The summed E-state index contributed by atoms with van der Waals surface area (Å²) in [5.41, 5.74) is -6.74. The molecule has 0 heterocycles. The summed E-state index contributed by atoms with van der Waals surface area (Å²) in [4.78, 5) is 12.3. The van der Waals surface area contributed by atoms with Gasteiger partial charge in [0.1, 0.15) is 5.75 Å². The zero-order valence-corrected chi connectivity index (χ0v) is 16.3. The van der Waals surface area contributed by atoms with E-state index in [2.05, 4.69) is 8.92 Å². The maximum absolute atomic E-state index is 12.8. The molecule has 0 spiro atoms. The molecule has 0 N–H and O–H groups in total. The number of fused-ring (bicyclic) bond motifs is 1. The topological polar surface area (TPSA) is 78.9 Å². The Hall–Kier alpha value is -2.33. The van der Waals surface area contributed by atoms with Crippen LogP contribution in [0.1, 0.15) is 32.4 Å². The molecule has 0 amide bonds. The van der Waals surface area contributed by atoms with Crippen LogP contribution in [0, 0.1) is 0 Å². The predicted octanol–water partition coefficient (Wildman–Crippen LogP) is 4.10. The first-order chi connectivity index (χ1) is 12.7. The van der Waals surface area contributed by atoms with Gasteiger partial charge in [-0.1, -0.05) is 24.3 Å². The lowest BCUT2D eigenvalue weighted by atomic mass is 10.0. The Morgan fingerprint density at radius 1 is 1.04 bits per heavy atom. The van der Waals surface area contributed by atoms with Crippen molar-refractivity contribution in [1.82, 2.24) is 0 Å². The van der Waals surface area contributed by atoms with Gasteiger partial charge in [-0.25, -0.2) is 4.79 Å². The molecule has 154 valence electrons. The summed E-state index contributed by atoms with van der Waals surface area (Å²) >= 11 is 0. The van der Waals surface area contributed by atoms with Crippen molar-refractivity contribution < 1.29 is 40.0 Å². The third kappa shape index (κ3) is 4.93. The number of carbonyl (C=O) groups is 1. The number of esters is 1. The van der Waals surface area contributed by atoms with Crippen molar-refractivity contribution in [2.75, 3.05) is 7.11 Å². The van der Waals surface area contributed by atoms with Crippen LogP contribution < -0.4 is 4.18 Å². The molecule has 0 fully saturated rings. The first-order valence-electron chi connectivity index (χ1n) is 8.04. The van der Waals surface area contributed by atoms with E-state index in [0.29, 0.717) is 10.8 Å². The van der Waals surface area contributed by atoms with E-state index in [0.717, 1.165) is 13.2 Å². The molecule has 0 aromatic heterocycles. The normalized spacial score (nSPS) is 14.0. The number of ether oxygens (including phenoxy) is 2. The molecule has 0 radical (unpaired) electrons. The van der Waals surface area contributed by atoms with E-state index < -0.39 is 39.1 Å². The number of carbonyl (C=O) groups excluding carboxylic acids is 1. The molecule has 0 aliphatic carbocycles. The van der Waals surface area contributed by atoms with Crippen molar-refractivity contribution in [3.8, 4) is 5.75 Å². The highest BCUT2D eigenvalue weighted by molar-refractivity contribution is 7.88. The zero-order chi connectivity index (χ0) is 21.3. The van der Waals surface area contributed by atoms with Crippen molar-refractivity contribution in [1.29, 1.82) is 0 Å². The molecule has 0 aliphatic heterocycles. The van der Waals surface area contributed by atoms with Crippen LogP contribution in [-0.2, 0) is 24.4 Å². The van der Waals surface area contributed by atoms with E-state index in [1.54, 1.807) is 45.0 Å². The molecular weight excluding hydrogens is 401 g/mol. The maximum atomic E-state index is 12.8. The summed E-state index contributed by atoms with van der Waals surface area (Å²) in [6.45, 7) is 4.87. The lowest BCUT2D eigenvalue weighted by molar-refractivity contribution is -0.164. The molecule has 0 bridgehead atoms. The Bertz CT molecular complexity index is 977. The first-order valence-corrected chi connectivity index (χ1v) is 9.45. The molecule has 1 atom stereocenters. The van der Waals surface area contributed by atoms with Crippen LogP contribution in [0.5, 0.6) is 5.75 Å². The summed E-state index contributed by atoms with van der Waals surface area (Å²) in [6.07, 6.45) is -1.51. The number of alkyl halides is 3. The Morgan fingerprint density at radius 3 is 2.04 bits per heavy atom. The summed E-state index contributed by atoms with van der Waals surface area (Å²) in [5.74, 6) is -1.59. The summed E-state index contributed by atoms with van der Waals surface area (Å²) in [6, 6.07) is 8.94. The van der Waals surface area contributed by atoms with Gasteiger partial charge in [0.25, 0.3) is 0 Å². The van der Waals surface area contributed by atoms with Gasteiger partial charge in [0.15, 0.2) is 6.10 Å². The van der Waals surface area contributed by atoms with E-state index >= 15 is 0 Å². The van der Waals surface area contributed by atoms with Gasteiger partial charge >= 0.3 is 21.6 Å². The monoisotopic (exact) mass is 420 g/mol. The predicted molar refractivity (Wildman–Crippen MR) is 95.1 cm³/mol. The molecule has 2 rings (SSSR count). The molecular formula is C18H19F3O6S. The molecule has 0 aliphatic rings. The van der Waals surface area contributed by atoms with Crippen LogP contribution in [0.15, 0.2) is 36.4 Å². The minimum absolute atomic E-state index is 0.201. The van der Waals surface area contributed by atoms with Gasteiger partial charge in [-0.3, -0.25) is 0 Å². The minimum atomic E-state index is -5.96. The van der Waals surface area contributed by atoms with Crippen molar-refractivity contribution >= 4 is 26.9 Å². The Balaban J connectivity index is 2.72. The van der Waals surface area contributed by atoms with E-state index in [9.17, 15) is 26.4 Å². The summed E-state index contributed by atoms with van der Waals surface area (Å²) < 4.78 is 76.3. The van der Waals surface area contributed by atoms with Crippen LogP contribution in [0.2, 0.25) is 0 Å². The van der Waals surface area contributed by atoms with E-state index in [-0.39, 0.29) is 5.56 Å². The highest BCUT2D eigenvalue weighted by atomic mass is 32.2. The minimum Gasteiger partial charge on any atom is -0.467 e. The highest BCUT2D eigenvalue weighted by Crippen LogP contribution is 2.38. The zero-order valence-electron chi connectivity index (χ0n) is 15.5. The second kappa shape index (κ2) is 7.59. The summed E-state index contributed by atoms with van der Waals surface area (Å²) in [7, 11) is -4.88. The highest BCUT2D eigenvalue weighted by Gasteiger charge is 2.49. The van der Waals surface area contributed by atoms with Crippen molar-refractivity contribution in [2.24, 2.45) is 0 Å². The molecule has 2 aromatic rings. The Kier molecular flexibility index (Phi) is 5.95. The molecule has 28 heavy (non-hydrogen) atoms. The number of benzene rings is 2. The van der Waals surface area contributed by atoms with Crippen LogP contribution in [0.3, 0.4) is 0 Å². The van der Waals surface area contributed by atoms with Gasteiger partial charge in [-0.15, -0.1) is 0 Å². The second-order valence-corrected chi connectivity index (χ2v) is 8.39. The van der Waals surface area contributed by atoms with Gasteiger partial charge < -0.3 is 13.7 Å². The molecule has 10 heteroatoms. The van der Waals surface area contributed by atoms with E-state index in [1.165, 1.54) is 6.07 Å². The number of halogens is 3. The van der Waals surface area contributed by atoms with Gasteiger partial charge in [0.05, 0.1) is 12.7 Å². The fourth-order valence-electron chi connectivity index (χ4n) is 2.38. The molecule has 0 saturated heterocycles. The van der Waals surface area contributed by atoms with Crippen LogP contribution >= 0.6 is 0 Å². The van der Waals surface area contributed by atoms with E-state index in [1.807, 2.05) is 0 Å². The van der Waals surface area contributed by atoms with Crippen LogP contribution in [0.4, 0.5) is 13.2 Å². The van der Waals surface area contributed by atoms with E-state index in [4.69, 9.17) is 4.74 Å². The number of hydrogen-bond acceptors (Lipinski definition) is 6. The van der Waals surface area contributed by atoms with Gasteiger partial charge in [-0.2, -0.15) is 21.6 Å². The average molecular weight is 420 g/mol. The quantitative estimate of drug-likeness (QED) is 0.412. The van der Waals surface area contributed by atoms with Crippen LogP contribution in [-0.4, -0.2) is 32.6 Å². The lowest BCUT2D eigenvalue weighted by Gasteiger charge is -2.27. The molecule has 2 aromatic carbocycles. The molecule has 6 nitrogen and oxygen atoms in total. The molecule has 0 saturated carbocycles. The first kappa shape index (κ1) is 22.0. The average Bonchev–Trinajstić information content (AvgIpc) is 2.56. The SMILES string of the molecule is COC(=O)C(OC(C)(C)C)c1cc2ccccc2cc1OS(=O)(=O)C(F)(F)F. The summed E-state index contributed by atoms with van der Waals surface area (Å²) in [5, 5.41) is 0.957. The smallest absolute Gasteiger partial charge is 0.467 e. The third-order valence-corrected chi connectivity index (χ3v) is 4.50. The standard InChI is InChI=1S/C18H19F3O6S/c1-17(2,3)26-15(16(22)25-4)13-9-11-7-5-6-8-12(11)10-14(13)27-28(23,24)18(19,20)21/h5-10,15H,1-4H3. The van der Waals surface area contributed by atoms with Gasteiger partial charge in [0.2, 0.25) is 0 Å². The maximum Gasteiger partial charge on any atom is 0.534 e. The Morgan fingerprint density at radius 2 is 1.57 bits per heavy atom. The van der Waals surface area contributed by atoms with Crippen LogP contribution in [0.25, 0.3) is 10.8 Å². The van der Waals surface area contributed by atoms with Crippen molar-refractivity contribution in [2.45, 2.75) is 38.0 Å². The van der Waals surface area contributed by atoms with Crippen molar-refractivity contribution in [3.05, 3.63) is 42.0 Å². The largest absolute Gasteiger partial charge is 0.534 e. The molecule has 1 unspecified atom stereocenters. The number of rotatable bonds is 5. The third-order valence-electron chi connectivity index (χ3n) is 3.53. The van der Waals surface area contributed by atoms with Gasteiger partial charge in [0, 0.05) is 5.56 Å². The Labute approximate surface area is 160 Å². The fourth-order valence-corrected chi connectivity index (χ4v) is 2.85. The number of methoxy groups -OCH3 is 1. The van der Waals surface area contributed by atoms with Gasteiger partial charge in [-0.05, 0) is 43.7 Å². The number of hydrogen-bond donors (Lipinski definition) is 0. The fraction of sp³-hybridized carbons (Fsp3) is 0.389.